The minimum atomic E-state index is -0.274. The van der Waals surface area contributed by atoms with Gasteiger partial charge in [-0.3, -0.25) is 10.1 Å². The number of carbonyl (C=O) groups is 1. The predicted octanol–water partition coefficient (Wildman–Crippen LogP) is 4.98. The van der Waals surface area contributed by atoms with Crippen LogP contribution in [-0.2, 0) is 0 Å². The Morgan fingerprint density at radius 1 is 1.16 bits per heavy atom. The van der Waals surface area contributed by atoms with Crippen molar-refractivity contribution in [3.05, 3.63) is 57.6 Å². The Hall–Kier alpha value is -1.92. The van der Waals surface area contributed by atoms with Gasteiger partial charge in [0.05, 0.1) is 11.1 Å². The van der Waals surface area contributed by atoms with Crippen LogP contribution >= 0.6 is 28.1 Å². The van der Waals surface area contributed by atoms with Crippen LogP contribution in [0.2, 0.25) is 0 Å². The second kappa shape index (κ2) is 8.97. The van der Waals surface area contributed by atoms with Gasteiger partial charge < -0.3 is 10.1 Å². The van der Waals surface area contributed by atoms with Crippen LogP contribution in [-0.4, -0.2) is 17.6 Å². The van der Waals surface area contributed by atoms with Crippen molar-refractivity contribution in [1.29, 1.82) is 0 Å². The third-order valence-electron chi connectivity index (χ3n) is 3.36. The van der Waals surface area contributed by atoms with E-state index in [-0.39, 0.29) is 11.0 Å². The molecule has 2 aromatic carbocycles. The molecule has 2 rings (SSSR count). The summed E-state index contributed by atoms with van der Waals surface area (Å²) in [5.74, 6) is 0.443. The Morgan fingerprint density at radius 2 is 1.84 bits per heavy atom. The number of rotatable bonds is 5. The minimum absolute atomic E-state index is 0.262. The zero-order valence-corrected chi connectivity index (χ0v) is 16.9. The standard InChI is InChI=1S/C19H21BrN2O2S/c1-4-7-24-17-6-5-14(11-16(17)20)18(23)22-19(25)21-15-9-12(2)8-13(3)10-15/h5-6,8-11H,4,7H2,1-3H3,(H2,21,22,23,25). The van der Waals surface area contributed by atoms with Crippen LogP contribution in [0.5, 0.6) is 5.75 Å². The summed E-state index contributed by atoms with van der Waals surface area (Å²) in [6.07, 6.45) is 0.924. The fraction of sp³-hybridized carbons (Fsp3) is 0.263. The van der Waals surface area contributed by atoms with E-state index in [2.05, 4.69) is 32.6 Å². The summed E-state index contributed by atoms with van der Waals surface area (Å²) in [7, 11) is 0. The smallest absolute Gasteiger partial charge is 0.257 e. The lowest BCUT2D eigenvalue weighted by molar-refractivity contribution is 0.0977. The molecule has 4 nitrogen and oxygen atoms in total. The Labute approximate surface area is 162 Å². The Balaban J connectivity index is 2.01. The van der Waals surface area contributed by atoms with Gasteiger partial charge in [0.1, 0.15) is 5.75 Å². The van der Waals surface area contributed by atoms with Gasteiger partial charge in [-0.05, 0) is 89.9 Å². The lowest BCUT2D eigenvalue weighted by Crippen LogP contribution is -2.34. The Bertz CT molecular complexity index is 773. The first-order valence-corrected chi connectivity index (χ1v) is 9.22. The maximum atomic E-state index is 12.4. The molecule has 0 saturated carbocycles. The van der Waals surface area contributed by atoms with Crippen molar-refractivity contribution < 1.29 is 9.53 Å². The molecule has 0 radical (unpaired) electrons. The first-order valence-electron chi connectivity index (χ1n) is 8.02. The first-order chi connectivity index (χ1) is 11.9. The SMILES string of the molecule is CCCOc1ccc(C(=O)NC(=S)Nc2cc(C)cc(C)c2)cc1Br. The normalized spacial score (nSPS) is 10.2. The highest BCUT2D eigenvalue weighted by Gasteiger charge is 2.11. The fourth-order valence-corrected chi connectivity index (χ4v) is 3.06. The van der Waals surface area contributed by atoms with Crippen LogP contribution < -0.4 is 15.4 Å². The van der Waals surface area contributed by atoms with Crippen molar-refractivity contribution in [2.75, 3.05) is 11.9 Å². The van der Waals surface area contributed by atoms with E-state index in [1.807, 2.05) is 32.9 Å². The molecule has 132 valence electrons. The monoisotopic (exact) mass is 420 g/mol. The molecule has 0 fully saturated rings. The molecule has 25 heavy (non-hydrogen) atoms. The van der Waals surface area contributed by atoms with Gasteiger partial charge >= 0.3 is 0 Å². The average molecular weight is 421 g/mol. The van der Waals surface area contributed by atoms with E-state index in [0.29, 0.717) is 17.9 Å². The van der Waals surface area contributed by atoms with Crippen molar-refractivity contribution in [1.82, 2.24) is 5.32 Å². The number of aryl methyl sites for hydroxylation is 2. The van der Waals surface area contributed by atoms with E-state index in [4.69, 9.17) is 17.0 Å². The largest absolute Gasteiger partial charge is 0.492 e. The molecule has 1 amide bonds. The Morgan fingerprint density at radius 3 is 2.44 bits per heavy atom. The van der Waals surface area contributed by atoms with Gasteiger partial charge in [0.2, 0.25) is 0 Å². The lowest BCUT2D eigenvalue weighted by atomic mass is 10.1. The fourth-order valence-electron chi connectivity index (χ4n) is 2.36. The molecule has 0 atom stereocenters. The number of halogens is 1. The topological polar surface area (TPSA) is 50.4 Å². The second-order valence-electron chi connectivity index (χ2n) is 5.78. The molecule has 2 N–H and O–H groups in total. The van der Waals surface area contributed by atoms with Gasteiger partial charge in [0.15, 0.2) is 5.11 Å². The molecule has 0 spiro atoms. The molecule has 0 aliphatic heterocycles. The molecule has 6 heteroatoms. The Kier molecular flexibility index (Phi) is 6.96. The number of hydrogen-bond acceptors (Lipinski definition) is 3. The summed E-state index contributed by atoms with van der Waals surface area (Å²) in [6.45, 7) is 6.70. The van der Waals surface area contributed by atoms with Crippen molar-refractivity contribution in [2.45, 2.75) is 27.2 Å². The van der Waals surface area contributed by atoms with Crippen LogP contribution in [0, 0.1) is 13.8 Å². The molecular formula is C19H21BrN2O2S. The van der Waals surface area contributed by atoms with E-state index in [1.165, 1.54) is 0 Å². The molecule has 0 aliphatic carbocycles. The minimum Gasteiger partial charge on any atom is -0.492 e. The van der Waals surface area contributed by atoms with Gasteiger partial charge in [-0.15, -0.1) is 0 Å². The third kappa shape index (κ3) is 5.83. The highest BCUT2D eigenvalue weighted by atomic mass is 79.9. The highest BCUT2D eigenvalue weighted by molar-refractivity contribution is 9.10. The van der Waals surface area contributed by atoms with Gasteiger partial charge in [-0.25, -0.2) is 0 Å². The highest BCUT2D eigenvalue weighted by Crippen LogP contribution is 2.26. The molecule has 0 bridgehead atoms. The molecule has 0 unspecified atom stereocenters. The molecular weight excluding hydrogens is 400 g/mol. The summed E-state index contributed by atoms with van der Waals surface area (Å²) in [5.41, 5.74) is 3.61. The quantitative estimate of drug-likeness (QED) is 0.669. The van der Waals surface area contributed by atoms with Crippen LogP contribution in [0.1, 0.15) is 34.8 Å². The second-order valence-corrected chi connectivity index (χ2v) is 7.04. The van der Waals surface area contributed by atoms with Crippen molar-refractivity contribution in [3.8, 4) is 5.75 Å². The molecule has 0 saturated heterocycles. The van der Waals surface area contributed by atoms with Crippen molar-refractivity contribution >= 4 is 44.9 Å². The van der Waals surface area contributed by atoms with E-state index in [9.17, 15) is 4.79 Å². The summed E-state index contributed by atoms with van der Waals surface area (Å²) in [6, 6.07) is 11.2. The maximum Gasteiger partial charge on any atom is 0.257 e. The van der Waals surface area contributed by atoms with Crippen molar-refractivity contribution in [2.24, 2.45) is 0 Å². The lowest BCUT2D eigenvalue weighted by Gasteiger charge is -2.12. The average Bonchev–Trinajstić information content (AvgIpc) is 2.52. The van der Waals surface area contributed by atoms with Gasteiger partial charge in [-0.1, -0.05) is 13.0 Å². The zero-order valence-electron chi connectivity index (χ0n) is 14.5. The molecule has 0 heterocycles. The summed E-state index contributed by atoms with van der Waals surface area (Å²) >= 11 is 8.66. The molecule has 0 aliphatic rings. The zero-order chi connectivity index (χ0) is 18.4. The number of nitrogens with one attached hydrogen (secondary N) is 2. The van der Waals surface area contributed by atoms with E-state index >= 15 is 0 Å². The van der Waals surface area contributed by atoms with E-state index in [1.54, 1.807) is 18.2 Å². The number of amides is 1. The molecule has 0 aromatic heterocycles. The van der Waals surface area contributed by atoms with Crippen LogP contribution in [0.3, 0.4) is 0 Å². The number of benzene rings is 2. The summed E-state index contributed by atoms with van der Waals surface area (Å²) in [4.78, 5) is 12.4. The van der Waals surface area contributed by atoms with Crippen LogP contribution in [0.15, 0.2) is 40.9 Å². The van der Waals surface area contributed by atoms with Gasteiger partial charge in [-0.2, -0.15) is 0 Å². The number of carbonyl (C=O) groups excluding carboxylic acids is 1. The van der Waals surface area contributed by atoms with Gasteiger partial charge in [0.25, 0.3) is 5.91 Å². The number of anilines is 1. The molecule has 2 aromatic rings. The van der Waals surface area contributed by atoms with Crippen LogP contribution in [0.4, 0.5) is 5.69 Å². The first kappa shape index (κ1) is 19.4. The summed E-state index contributed by atoms with van der Waals surface area (Å²) < 4.78 is 6.32. The number of ether oxygens (including phenoxy) is 1. The third-order valence-corrected chi connectivity index (χ3v) is 4.19. The van der Waals surface area contributed by atoms with Crippen molar-refractivity contribution in [3.63, 3.8) is 0 Å². The van der Waals surface area contributed by atoms with E-state index in [0.717, 1.165) is 27.7 Å². The summed E-state index contributed by atoms with van der Waals surface area (Å²) in [5, 5.41) is 6.00. The predicted molar refractivity (Wildman–Crippen MR) is 110 cm³/mol. The number of thiocarbonyl (C=S) groups is 1. The van der Waals surface area contributed by atoms with Gasteiger partial charge in [0, 0.05) is 11.3 Å². The number of hydrogen-bond donors (Lipinski definition) is 2. The van der Waals surface area contributed by atoms with Crippen LogP contribution in [0.25, 0.3) is 0 Å². The maximum absolute atomic E-state index is 12.4. The van der Waals surface area contributed by atoms with E-state index < -0.39 is 0 Å².